The zero-order valence-electron chi connectivity index (χ0n) is 28.3. The third-order valence-corrected chi connectivity index (χ3v) is 3.08. The van der Waals surface area contributed by atoms with Crippen molar-refractivity contribution in [3.63, 3.8) is 0 Å². The summed E-state index contributed by atoms with van der Waals surface area (Å²) in [4.78, 5) is 6.00. The molecule has 8 N–H and O–H groups in total. The molecule has 0 aromatic carbocycles. The van der Waals surface area contributed by atoms with Crippen molar-refractivity contribution >= 4 is 0 Å². The van der Waals surface area contributed by atoms with E-state index in [1.807, 2.05) is 0 Å². The van der Waals surface area contributed by atoms with Crippen LogP contribution in [-0.2, 0) is 0 Å². The molecule has 0 heterocycles. The van der Waals surface area contributed by atoms with Gasteiger partial charge in [-0.05, 0) is 111 Å². The second kappa shape index (κ2) is 52.5. The molecule has 0 aliphatic rings. The van der Waals surface area contributed by atoms with Gasteiger partial charge in [-0.15, -0.1) is 0 Å². The number of hydrogen-bond donors (Lipinski definition) is 4. The first-order chi connectivity index (χ1) is 18.2. The lowest BCUT2D eigenvalue weighted by atomic mass is 10.3. The average Bonchev–Trinajstić information content (AvgIpc) is 2.67. The molecule has 0 unspecified atom stereocenters. The zero-order valence-corrected chi connectivity index (χ0v) is 28.3. The Morgan fingerprint density at radius 1 is 0.250 bits per heavy atom. The van der Waals surface area contributed by atoms with Crippen molar-refractivity contribution in [1.29, 1.82) is 0 Å². The molecule has 40 heavy (non-hydrogen) atoms. The second-order valence-electron chi connectivity index (χ2n) is 11.1. The van der Waals surface area contributed by atoms with Gasteiger partial charge in [0.1, 0.15) is 0 Å². The lowest BCUT2D eigenvalue weighted by molar-refractivity contribution is -0.709. The average molecular weight is 577 g/mol. The fourth-order valence-corrected chi connectivity index (χ4v) is 3.08. The number of hydrogen-bond acceptors (Lipinski definition) is 0. The molecular formula is C24H64N16. The quantitative estimate of drug-likeness (QED) is 0.169. The third kappa shape index (κ3) is 238. The Kier molecular flexibility index (Phi) is 74.9. The minimum absolute atomic E-state index is 0.750. The topological polar surface area (TPSA) is 301 Å². The molecule has 0 aromatic heterocycles. The van der Waals surface area contributed by atoms with Crippen molar-refractivity contribution in [3.05, 3.63) is 63.9 Å². The van der Waals surface area contributed by atoms with Crippen molar-refractivity contribution in [2.24, 2.45) is 0 Å². The minimum atomic E-state index is 0.750. The monoisotopic (exact) mass is 577 g/mol. The molecule has 0 atom stereocenters. The summed E-state index contributed by atoms with van der Waals surface area (Å²) in [6.45, 7) is 35.3. The van der Waals surface area contributed by atoms with Crippen molar-refractivity contribution in [2.45, 2.75) is 159 Å². The van der Waals surface area contributed by atoms with Gasteiger partial charge in [-0.1, -0.05) is 0 Å². The maximum absolute atomic E-state index is 6.75. The van der Waals surface area contributed by atoms with Gasteiger partial charge in [0.2, 0.25) is 0 Å². The number of nitrogens with two attached hydrogens (primary N) is 4. The Hall–Kier alpha value is -2.92. The molecule has 0 aliphatic heterocycles. The largest absolute Gasteiger partial charge is 0.373 e. The highest BCUT2D eigenvalue weighted by Gasteiger charge is 1.98. The first-order valence-electron chi connectivity index (χ1n) is 13.5. The van der Waals surface area contributed by atoms with Crippen molar-refractivity contribution in [1.82, 2.24) is 0 Å². The normalized spacial score (nSPS) is 8.60. The highest BCUT2D eigenvalue weighted by Crippen LogP contribution is 1.69. The van der Waals surface area contributed by atoms with E-state index in [1.165, 1.54) is 19.6 Å². The standard InChI is InChI=1S/4C6H15N.4N3/c4*1-5(2)7-6(3)4;4*1-3-2/h4*5-7H,1-4H3;;;;/q;;;;4*-1/p+4. The van der Waals surface area contributed by atoms with Gasteiger partial charge in [0, 0.05) is 0 Å². The minimum Gasteiger partial charge on any atom is -0.373 e. The Balaban J connectivity index is -0.0000000503. The van der Waals surface area contributed by atoms with E-state index in [9.17, 15) is 0 Å². The summed E-state index contributed by atoms with van der Waals surface area (Å²) in [5, 5.41) is 9.33. The van der Waals surface area contributed by atoms with Crippen LogP contribution in [0.25, 0.3) is 63.9 Å². The Morgan fingerprint density at radius 3 is 0.300 bits per heavy atom. The number of nitrogens with zero attached hydrogens (tertiary/aromatic N) is 12. The second-order valence-corrected chi connectivity index (χ2v) is 11.1. The van der Waals surface area contributed by atoms with Crippen LogP contribution in [0.15, 0.2) is 0 Å². The van der Waals surface area contributed by atoms with Crippen LogP contribution in [0.3, 0.4) is 0 Å². The lowest BCUT2D eigenvalue weighted by Crippen LogP contribution is -2.92. The van der Waals surface area contributed by atoms with Gasteiger partial charge in [-0.2, -0.15) is 0 Å². The molecule has 16 heteroatoms. The molecule has 0 aliphatic carbocycles. The van der Waals surface area contributed by atoms with E-state index in [0.29, 0.717) is 0 Å². The summed E-state index contributed by atoms with van der Waals surface area (Å²) in [7, 11) is 0. The maximum Gasteiger partial charge on any atom is 0.0803 e. The molecule has 0 fully saturated rings. The van der Waals surface area contributed by atoms with Crippen LogP contribution in [0.2, 0.25) is 0 Å². The van der Waals surface area contributed by atoms with Crippen molar-refractivity contribution in [2.75, 3.05) is 0 Å². The number of quaternary nitrogens is 4. The Bertz CT molecular complexity index is 448. The van der Waals surface area contributed by atoms with Crippen LogP contribution in [-0.4, -0.2) is 48.3 Å². The molecule has 0 rings (SSSR count). The van der Waals surface area contributed by atoms with Crippen molar-refractivity contribution in [3.8, 4) is 0 Å². The van der Waals surface area contributed by atoms with Crippen LogP contribution < -0.4 is 21.3 Å². The van der Waals surface area contributed by atoms with Gasteiger partial charge in [0.15, 0.2) is 0 Å². The summed E-state index contributed by atoms with van der Waals surface area (Å²) in [5.74, 6) is 0. The van der Waals surface area contributed by atoms with Crippen LogP contribution in [0.1, 0.15) is 111 Å². The zero-order chi connectivity index (χ0) is 34.3. The molecular weight excluding hydrogens is 512 g/mol. The van der Waals surface area contributed by atoms with Crippen LogP contribution >= 0.6 is 0 Å². The van der Waals surface area contributed by atoms with Crippen LogP contribution in [0.5, 0.6) is 0 Å². The predicted molar refractivity (Wildman–Crippen MR) is 169 cm³/mol. The highest BCUT2D eigenvalue weighted by atomic mass is 15.0. The van der Waals surface area contributed by atoms with Gasteiger partial charge in [0.25, 0.3) is 0 Å². The smallest absolute Gasteiger partial charge is 0.0803 e. The molecule has 0 saturated heterocycles. The van der Waals surface area contributed by atoms with Crippen LogP contribution in [0, 0.1) is 0 Å². The molecule has 16 nitrogen and oxygen atoms in total. The molecule has 0 radical (unpaired) electrons. The van der Waals surface area contributed by atoms with Gasteiger partial charge in [-0.3, -0.25) is 19.6 Å². The van der Waals surface area contributed by atoms with E-state index < -0.39 is 0 Å². The molecule has 0 amide bonds. The number of rotatable bonds is 8. The first kappa shape index (κ1) is 57.1. The summed E-state index contributed by atoms with van der Waals surface area (Å²) < 4.78 is 0. The molecule has 240 valence electrons. The first-order valence-corrected chi connectivity index (χ1v) is 13.5. The fraction of sp³-hybridized carbons (Fsp3) is 1.00. The summed E-state index contributed by atoms with van der Waals surface area (Å²) in [5.41, 5.74) is 54.0. The molecule has 0 saturated carbocycles. The van der Waals surface area contributed by atoms with E-state index in [0.717, 1.165) is 48.3 Å². The molecule has 0 spiro atoms. The summed E-state index contributed by atoms with van der Waals surface area (Å²) in [6, 6.07) is 6.00. The fourth-order valence-electron chi connectivity index (χ4n) is 3.08. The van der Waals surface area contributed by atoms with Gasteiger partial charge >= 0.3 is 0 Å². The highest BCUT2D eigenvalue weighted by molar-refractivity contribution is 4.37. The van der Waals surface area contributed by atoms with E-state index in [4.69, 9.17) is 44.2 Å². The third-order valence-electron chi connectivity index (χ3n) is 3.08. The summed E-state index contributed by atoms with van der Waals surface area (Å²) >= 11 is 0. The lowest BCUT2D eigenvalue weighted by Gasteiger charge is -2.06. The SMILES string of the molecule is CC(C)[NH2+]C(C)C.CC(C)[NH2+]C(C)C.CC(C)[NH2+]C(C)C.CC(C)[NH2+]C(C)C.[N-]=[N+]=[N-].[N-]=[N+]=[N-].[N-]=[N+]=[N-].[N-]=[N+]=[N-]. The Labute approximate surface area is 244 Å². The van der Waals surface area contributed by atoms with E-state index in [-0.39, 0.29) is 0 Å². The summed E-state index contributed by atoms with van der Waals surface area (Å²) in [6.07, 6.45) is 0. The van der Waals surface area contributed by atoms with Gasteiger partial charge < -0.3 is 65.5 Å². The van der Waals surface area contributed by atoms with Crippen molar-refractivity contribution < 1.29 is 21.3 Å². The molecule has 0 bridgehead atoms. The van der Waals surface area contributed by atoms with E-state index in [2.05, 4.69) is 132 Å². The molecule has 0 aromatic rings. The maximum atomic E-state index is 6.75. The van der Waals surface area contributed by atoms with E-state index >= 15 is 0 Å². The van der Waals surface area contributed by atoms with Crippen LogP contribution in [0.4, 0.5) is 0 Å². The predicted octanol–water partition coefficient (Wildman–Crippen LogP) is 4.93. The van der Waals surface area contributed by atoms with Gasteiger partial charge in [-0.25, -0.2) is 0 Å². The van der Waals surface area contributed by atoms with Gasteiger partial charge in [0.05, 0.1) is 48.3 Å². The Morgan fingerprint density at radius 2 is 0.300 bits per heavy atom. The van der Waals surface area contributed by atoms with E-state index in [1.54, 1.807) is 0 Å².